The lowest BCUT2D eigenvalue weighted by Crippen LogP contribution is -2.52. The highest BCUT2D eigenvalue weighted by molar-refractivity contribution is 5.80. The molecule has 0 unspecified atom stereocenters. The first-order chi connectivity index (χ1) is 11.3. The van der Waals surface area contributed by atoms with Crippen LogP contribution in [0.3, 0.4) is 0 Å². The molecule has 0 radical (unpaired) electrons. The lowest BCUT2D eigenvalue weighted by molar-refractivity contribution is -0.141. The van der Waals surface area contributed by atoms with Gasteiger partial charge in [-0.25, -0.2) is 0 Å². The second kappa shape index (κ2) is 6.60. The zero-order valence-corrected chi connectivity index (χ0v) is 13.9. The van der Waals surface area contributed by atoms with Crippen LogP contribution >= 0.6 is 0 Å². The molecular weight excluding hydrogens is 286 g/mol. The van der Waals surface area contributed by atoms with Gasteiger partial charge in [0.15, 0.2) is 0 Å². The van der Waals surface area contributed by atoms with E-state index in [1.165, 1.54) is 31.2 Å². The van der Waals surface area contributed by atoms with E-state index in [1.54, 1.807) is 0 Å². The molecule has 3 heterocycles. The number of hydrogen-bond acceptors (Lipinski definition) is 3. The Balaban J connectivity index is 1.25. The highest BCUT2D eigenvalue weighted by Crippen LogP contribution is 2.32. The number of carbonyl (C=O) groups excluding carboxylic acids is 1. The number of pyridine rings is 1. The molecule has 124 valence electrons. The average Bonchev–Trinajstić information content (AvgIpc) is 3.09. The summed E-state index contributed by atoms with van der Waals surface area (Å²) in [6, 6.07) is 4.96. The van der Waals surface area contributed by atoms with Crippen molar-refractivity contribution in [2.75, 3.05) is 26.2 Å². The Hall–Kier alpha value is -1.42. The molecule has 3 fully saturated rings. The quantitative estimate of drug-likeness (QED) is 0.861. The zero-order chi connectivity index (χ0) is 15.6. The molecule has 2 aliphatic heterocycles. The topological polar surface area (TPSA) is 36.4 Å². The second-order valence-electron chi connectivity index (χ2n) is 7.47. The van der Waals surface area contributed by atoms with Gasteiger partial charge in [-0.3, -0.25) is 9.78 Å². The lowest BCUT2D eigenvalue weighted by atomic mass is 9.88. The Bertz CT molecular complexity index is 527. The van der Waals surface area contributed by atoms with Gasteiger partial charge in [0.25, 0.3) is 0 Å². The Morgan fingerprint density at radius 1 is 1.00 bits per heavy atom. The number of piperidine rings is 1. The molecule has 2 saturated heterocycles. The highest BCUT2D eigenvalue weighted by Gasteiger charge is 2.37. The minimum atomic E-state index is 0.269. The molecule has 0 atom stereocenters. The van der Waals surface area contributed by atoms with Crippen molar-refractivity contribution in [1.29, 1.82) is 0 Å². The van der Waals surface area contributed by atoms with Crippen LogP contribution in [-0.2, 0) is 4.79 Å². The molecule has 1 amide bonds. The van der Waals surface area contributed by atoms with Gasteiger partial charge >= 0.3 is 0 Å². The molecule has 1 saturated carbocycles. The van der Waals surface area contributed by atoms with Gasteiger partial charge in [0.1, 0.15) is 0 Å². The maximum absolute atomic E-state index is 12.7. The van der Waals surface area contributed by atoms with Crippen LogP contribution in [0, 0.1) is 5.92 Å². The maximum Gasteiger partial charge on any atom is 0.225 e. The van der Waals surface area contributed by atoms with Gasteiger partial charge < -0.3 is 9.80 Å². The van der Waals surface area contributed by atoms with Crippen LogP contribution in [0.15, 0.2) is 24.5 Å². The summed E-state index contributed by atoms with van der Waals surface area (Å²) in [5.41, 5.74) is 1.32. The third kappa shape index (κ3) is 3.14. The summed E-state index contributed by atoms with van der Waals surface area (Å²) in [5, 5.41) is 0. The Labute approximate surface area is 138 Å². The molecule has 4 heteroatoms. The molecule has 0 bridgehead atoms. The van der Waals surface area contributed by atoms with E-state index in [2.05, 4.69) is 26.9 Å². The van der Waals surface area contributed by atoms with Gasteiger partial charge in [-0.15, -0.1) is 0 Å². The fraction of sp³-hybridized carbons (Fsp3) is 0.684. The molecule has 23 heavy (non-hydrogen) atoms. The Morgan fingerprint density at radius 3 is 2.30 bits per heavy atom. The van der Waals surface area contributed by atoms with Crippen LogP contribution in [0.2, 0.25) is 0 Å². The van der Waals surface area contributed by atoms with Crippen molar-refractivity contribution >= 4 is 5.91 Å². The van der Waals surface area contributed by atoms with Crippen molar-refractivity contribution < 1.29 is 4.79 Å². The van der Waals surface area contributed by atoms with E-state index in [-0.39, 0.29) is 5.92 Å². The number of likely N-dealkylation sites (tertiary alicyclic amines) is 2. The summed E-state index contributed by atoms with van der Waals surface area (Å²) in [6.45, 7) is 4.04. The average molecular weight is 313 g/mol. The molecule has 1 aromatic rings. The van der Waals surface area contributed by atoms with Gasteiger partial charge in [0.2, 0.25) is 5.91 Å². The van der Waals surface area contributed by atoms with Gasteiger partial charge in [-0.1, -0.05) is 12.8 Å². The lowest BCUT2D eigenvalue weighted by Gasteiger charge is -2.43. The Morgan fingerprint density at radius 2 is 1.65 bits per heavy atom. The van der Waals surface area contributed by atoms with E-state index >= 15 is 0 Å². The van der Waals surface area contributed by atoms with Crippen LogP contribution in [0.1, 0.15) is 50.0 Å². The molecule has 4 nitrogen and oxygen atoms in total. The first-order valence-corrected chi connectivity index (χ1v) is 9.24. The first-order valence-electron chi connectivity index (χ1n) is 9.24. The number of carbonyl (C=O) groups is 1. The van der Waals surface area contributed by atoms with E-state index in [0.717, 1.165) is 45.1 Å². The smallest absolute Gasteiger partial charge is 0.225 e. The SMILES string of the molecule is O=C(C1CCN(C2CCCC2)CC1)N1CC(c2ccncc2)C1. The molecule has 1 aliphatic carbocycles. The molecule has 0 spiro atoms. The molecule has 1 aromatic heterocycles. The van der Waals surface area contributed by atoms with Crippen molar-refractivity contribution in [3.63, 3.8) is 0 Å². The van der Waals surface area contributed by atoms with Gasteiger partial charge in [0, 0.05) is 43.4 Å². The monoisotopic (exact) mass is 313 g/mol. The molecule has 3 aliphatic rings. The maximum atomic E-state index is 12.7. The Kier molecular flexibility index (Phi) is 4.34. The van der Waals surface area contributed by atoms with Gasteiger partial charge in [-0.2, -0.15) is 0 Å². The van der Waals surface area contributed by atoms with E-state index in [1.807, 2.05) is 12.4 Å². The fourth-order valence-electron chi connectivity index (χ4n) is 4.54. The largest absolute Gasteiger partial charge is 0.341 e. The van der Waals surface area contributed by atoms with E-state index in [9.17, 15) is 4.79 Å². The van der Waals surface area contributed by atoms with E-state index in [0.29, 0.717) is 11.8 Å². The minimum Gasteiger partial charge on any atom is -0.341 e. The van der Waals surface area contributed by atoms with Crippen molar-refractivity contribution in [3.05, 3.63) is 30.1 Å². The third-order valence-corrected chi connectivity index (χ3v) is 6.09. The van der Waals surface area contributed by atoms with Crippen LogP contribution in [-0.4, -0.2) is 52.9 Å². The molecular formula is C19H27N3O. The summed E-state index contributed by atoms with van der Waals surface area (Å²) in [7, 11) is 0. The standard InChI is InChI=1S/C19H27N3O/c23-19(22-13-17(14-22)15-5-9-20-10-6-15)16-7-11-21(12-8-16)18-3-1-2-4-18/h5-6,9-10,16-18H,1-4,7-8,11-14H2. The normalized spacial score (nSPS) is 24.8. The summed E-state index contributed by atoms with van der Waals surface area (Å²) in [6.07, 6.45) is 11.4. The summed E-state index contributed by atoms with van der Waals surface area (Å²) >= 11 is 0. The predicted octanol–water partition coefficient (Wildman–Crippen LogP) is 2.66. The first kappa shape index (κ1) is 15.1. The molecule has 0 N–H and O–H groups in total. The van der Waals surface area contributed by atoms with Crippen molar-refractivity contribution in [1.82, 2.24) is 14.8 Å². The third-order valence-electron chi connectivity index (χ3n) is 6.09. The predicted molar refractivity (Wildman–Crippen MR) is 90.1 cm³/mol. The van der Waals surface area contributed by atoms with Gasteiger partial charge in [0.05, 0.1) is 0 Å². The van der Waals surface area contributed by atoms with E-state index < -0.39 is 0 Å². The number of amides is 1. The second-order valence-corrected chi connectivity index (χ2v) is 7.47. The number of aromatic nitrogens is 1. The fourth-order valence-corrected chi connectivity index (χ4v) is 4.54. The van der Waals surface area contributed by atoms with Crippen LogP contribution in [0.5, 0.6) is 0 Å². The molecule has 0 aromatic carbocycles. The summed E-state index contributed by atoms with van der Waals surface area (Å²) < 4.78 is 0. The summed E-state index contributed by atoms with van der Waals surface area (Å²) in [4.78, 5) is 21.5. The highest BCUT2D eigenvalue weighted by atomic mass is 16.2. The van der Waals surface area contributed by atoms with Crippen LogP contribution < -0.4 is 0 Å². The van der Waals surface area contributed by atoms with Crippen molar-refractivity contribution in [2.24, 2.45) is 5.92 Å². The van der Waals surface area contributed by atoms with Gasteiger partial charge in [-0.05, 0) is 56.5 Å². The zero-order valence-electron chi connectivity index (χ0n) is 13.9. The number of nitrogens with zero attached hydrogens (tertiary/aromatic N) is 3. The van der Waals surface area contributed by atoms with Crippen LogP contribution in [0.25, 0.3) is 0 Å². The minimum absolute atomic E-state index is 0.269. The van der Waals surface area contributed by atoms with Crippen molar-refractivity contribution in [3.8, 4) is 0 Å². The van der Waals surface area contributed by atoms with E-state index in [4.69, 9.17) is 0 Å². The number of rotatable bonds is 3. The summed E-state index contributed by atoms with van der Waals surface area (Å²) in [5.74, 6) is 1.19. The van der Waals surface area contributed by atoms with Crippen LogP contribution in [0.4, 0.5) is 0 Å². The number of hydrogen-bond donors (Lipinski definition) is 0. The van der Waals surface area contributed by atoms with Crippen molar-refractivity contribution in [2.45, 2.75) is 50.5 Å². The molecule has 4 rings (SSSR count).